The normalized spacial score (nSPS) is 10.6. The van der Waals surface area contributed by atoms with E-state index in [1.807, 2.05) is 38.1 Å². The number of nitrogens with zero attached hydrogens (tertiary/aromatic N) is 2. The molecule has 0 aliphatic heterocycles. The number of rotatable bonds is 3. The highest BCUT2D eigenvalue weighted by Gasteiger charge is 2.17. The van der Waals surface area contributed by atoms with E-state index >= 15 is 0 Å². The summed E-state index contributed by atoms with van der Waals surface area (Å²) in [7, 11) is 0. The lowest BCUT2D eigenvalue weighted by molar-refractivity contribution is 0.0684. The van der Waals surface area contributed by atoms with Crippen molar-refractivity contribution >= 4 is 5.97 Å². The fraction of sp³-hybridized carbons (Fsp3) is 0.286. The molecule has 0 unspecified atom stereocenters. The van der Waals surface area contributed by atoms with Crippen molar-refractivity contribution in [3.63, 3.8) is 0 Å². The largest absolute Gasteiger partial charge is 0.477 e. The minimum Gasteiger partial charge on any atom is -0.477 e. The molecule has 0 aliphatic rings. The number of hydrogen-bond donors (Lipinski definition) is 1. The molecule has 1 N–H and O–H groups in total. The maximum Gasteiger partial charge on any atom is 0.354 e. The van der Waals surface area contributed by atoms with Gasteiger partial charge in [-0.25, -0.2) is 9.78 Å². The van der Waals surface area contributed by atoms with E-state index in [9.17, 15) is 9.90 Å². The van der Waals surface area contributed by atoms with Crippen LogP contribution in [-0.2, 0) is 6.54 Å². The van der Waals surface area contributed by atoms with Crippen molar-refractivity contribution < 1.29 is 9.90 Å². The van der Waals surface area contributed by atoms with Gasteiger partial charge >= 0.3 is 5.97 Å². The summed E-state index contributed by atoms with van der Waals surface area (Å²) in [6.45, 7) is 6.11. The van der Waals surface area contributed by atoms with E-state index in [1.165, 1.54) is 5.56 Å². The predicted octanol–water partition coefficient (Wildman–Crippen LogP) is 2.55. The van der Waals surface area contributed by atoms with Gasteiger partial charge in [0.2, 0.25) is 0 Å². The van der Waals surface area contributed by atoms with Crippen LogP contribution in [0.4, 0.5) is 0 Å². The molecule has 0 bridgehead atoms. The fourth-order valence-corrected chi connectivity index (χ4v) is 2.05. The molecule has 0 fully saturated rings. The Balaban J connectivity index is 2.39. The summed E-state index contributed by atoms with van der Waals surface area (Å²) in [6.07, 6.45) is 0. The van der Waals surface area contributed by atoms with Crippen molar-refractivity contribution in [2.75, 3.05) is 0 Å². The number of aromatic nitrogens is 2. The van der Waals surface area contributed by atoms with E-state index in [4.69, 9.17) is 0 Å². The Kier molecular flexibility index (Phi) is 3.19. The molecular weight excluding hydrogens is 228 g/mol. The fourth-order valence-electron chi connectivity index (χ4n) is 2.05. The number of aromatic carboxylic acids is 1. The SMILES string of the molecule is Cc1ccc(Cn2c(C)nc(C)c2C(=O)O)cc1. The van der Waals surface area contributed by atoms with Crippen molar-refractivity contribution in [1.82, 2.24) is 9.55 Å². The molecule has 0 amide bonds. The molecule has 4 heteroatoms. The summed E-state index contributed by atoms with van der Waals surface area (Å²) < 4.78 is 1.74. The molecule has 0 saturated carbocycles. The molecule has 2 aromatic rings. The van der Waals surface area contributed by atoms with E-state index in [1.54, 1.807) is 11.5 Å². The molecule has 18 heavy (non-hydrogen) atoms. The molecule has 1 aromatic carbocycles. The van der Waals surface area contributed by atoms with Gasteiger partial charge in [-0.05, 0) is 26.3 Å². The van der Waals surface area contributed by atoms with Gasteiger partial charge in [-0.15, -0.1) is 0 Å². The summed E-state index contributed by atoms with van der Waals surface area (Å²) >= 11 is 0. The lowest BCUT2D eigenvalue weighted by Gasteiger charge is -2.08. The summed E-state index contributed by atoms with van der Waals surface area (Å²) in [5, 5.41) is 9.22. The molecule has 0 spiro atoms. The first-order valence-corrected chi connectivity index (χ1v) is 5.81. The van der Waals surface area contributed by atoms with Crippen LogP contribution in [0.5, 0.6) is 0 Å². The summed E-state index contributed by atoms with van der Waals surface area (Å²) in [5.41, 5.74) is 3.10. The van der Waals surface area contributed by atoms with Gasteiger partial charge in [-0.2, -0.15) is 0 Å². The Morgan fingerprint density at radius 3 is 2.39 bits per heavy atom. The van der Waals surface area contributed by atoms with E-state index in [0.29, 0.717) is 12.2 Å². The third-order valence-corrected chi connectivity index (χ3v) is 3.00. The van der Waals surface area contributed by atoms with E-state index in [-0.39, 0.29) is 5.69 Å². The minimum absolute atomic E-state index is 0.271. The average molecular weight is 244 g/mol. The summed E-state index contributed by atoms with van der Waals surface area (Å²) in [4.78, 5) is 15.5. The maximum absolute atomic E-state index is 11.2. The molecule has 2 rings (SSSR count). The van der Waals surface area contributed by atoms with Crippen LogP contribution in [0.2, 0.25) is 0 Å². The molecule has 0 saturated heterocycles. The number of aryl methyl sites for hydroxylation is 3. The number of carbonyl (C=O) groups is 1. The van der Waals surface area contributed by atoms with Crippen molar-refractivity contribution in [2.24, 2.45) is 0 Å². The van der Waals surface area contributed by atoms with Crippen LogP contribution in [0.15, 0.2) is 24.3 Å². The molecule has 0 radical (unpaired) electrons. The Bertz CT molecular complexity index is 583. The zero-order valence-electron chi connectivity index (χ0n) is 10.8. The van der Waals surface area contributed by atoms with Gasteiger partial charge in [0.25, 0.3) is 0 Å². The second-order valence-corrected chi connectivity index (χ2v) is 4.47. The zero-order chi connectivity index (χ0) is 13.3. The van der Waals surface area contributed by atoms with Crippen molar-refractivity contribution in [3.05, 3.63) is 52.6 Å². The van der Waals surface area contributed by atoms with Crippen LogP contribution in [0.1, 0.15) is 33.1 Å². The minimum atomic E-state index is -0.930. The predicted molar refractivity (Wildman–Crippen MR) is 68.9 cm³/mol. The molecule has 94 valence electrons. The Labute approximate surface area is 106 Å². The van der Waals surface area contributed by atoms with Crippen molar-refractivity contribution in [2.45, 2.75) is 27.3 Å². The molecule has 1 heterocycles. The lowest BCUT2D eigenvalue weighted by Crippen LogP contribution is -2.11. The van der Waals surface area contributed by atoms with Gasteiger partial charge < -0.3 is 9.67 Å². The molecular formula is C14H16N2O2. The van der Waals surface area contributed by atoms with E-state index < -0.39 is 5.97 Å². The third-order valence-electron chi connectivity index (χ3n) is 3.00. The highest BCUT2D eigenvalue weighted by molar-refractivity contribution is 5.87. The number of hydrogen-bond acceptors (Lipinski definition) is 2. The van der Waals surface area contributed by atoms with Crippen LogP contribution in [0.3, 0.4) is 0 Å². The quantitative estimate of drug-likeness (QED) is 0.902. The number of benzene rings is 1. The highest BCUT2D eigenvalue weighted by Crippen LogP contribution is 2.14. The number of carboxylic acids is 1. The number of imidazole rings is 1. The van der Waals surface area contributed by atoms with Gasteiger partial charge in [-0.1, -0.05) is 29.8 Å². The Morgan fingerprint density at radius 1 is 1.22 bits per heavy atom. The first-order valence-electron chi connectivity index (χ1n) is 5.81. The second-order valence-electron chi connectivity index (χ2n) is 4.47. The molecule has 0 aliphatic carbocycles. The molecule has 4 nitrogen and oxygen atoms in total. The monoisotopic (exact) mass is 244 g/mol. The molecule has 1 aromatic heterocycles. The van der Waals surface area contributed by atoms with Crippen molar-refractivity contribution in [3.8, 4) is 0 Å². The smallest absolute Gasteiger partial charge is 0.354 e. The Morgan fingerprint density at radius 2 is 1.83 bits per heavy atom. The van der Waals surface area contributed by atoms with Gasteiger partial charge in [-0.3, -0.25) is 0 Å². The Hall–Kier alpha value is -2.10. The first-order chi connectivity index (χ1) is 8.49. The summed E-state index contributed by atoms with van der Waals surface area (Å²) in [5.74, 6) is -0.203. The standard InChI is InChI=1S/C14H16N2O2/c1-9-4-6-12(7-5-9)8-16-11(3)15-10(2)13(16)14(17)18/h4-7H,8H2,1-3H3,(H,17,18). The van der Waals surface area contributed by atoms with Gasteiger partial charge in [0.05, 0.1) is 5.69 Å². The van der Waals surface area contributed by atoms with Crippen molar-refractivity contribution in [1.29, 1.82) is 0 Å². The average Bonchev–Trinajstić information content (AvgIpc) is 2.57. The van der Waals surface area contributed by atoms with Crippen LogP contribution in [-0.4, -0.2) is 20.6 Å². The lowest BCUT2D eigenvalue weighted by atomic mass is 10.1. The molecule has 0 atom stereocenters. The number of carboxylic acid groups (broad SMARTS) is 1. The van der Waals surface area contributed by atoms with Gasteiger partial charge in [0, 0.05) is 6.54 Å². The van der Waals surface area contributed by atoms with E-state index in [0.717, 1.165) is 11.4 Å². The van der Waals surface area contributed by atoms with Gasteiger partial charge in [0.15, 0.2) is 5.69 Å². The van der Waals surface area contributed by atoms with Crippen LogP contribution in [0, 0.1) is 20.8 Å². The third kappa shape index (κ3) is 2.27. The van der Waals surface area contributed by atoms with Crippen LogP contribution >= 0.6 is 0 Å². The zero-order valence-corrected chi connectivity index (χ0v) is 10.8. The second kappa shape index (κ2) is 4.64. The van der Waals surface area contributed by atoms with Crippen LogP contribution in [0.25, 0.3) is 0 Å². The maximum atomic E-state index is 11.2. The summed E-state index contributed by atoms with van der Waals surface area (Å²) in [6, 6.07) is 8.06. The topological polar surface area (TPSA) is 55.1 Å². The van der Waals surface area contributed by atoms with Crippen LogP contribution < -0.4 is 0 Å². The first kappa shape index (κ1) is 12.4. The van der Waals surface area contributed by atoms with Gasteiger partial charge in [0.1, 0.15) is 5.82 Å². The highest BCUT2D eigenvalue weighted by atomic mass is 16.4. The van der Waals surface area contributed by atoms with E-state index in [2.05, 4.69) is 4.98 Å².